The smallest absolute Gasteiger partial charge is 1.00 e. The number of hydrogen-bond donors (Lipinski definition) is 0. The predicted octanol–water partition coefficient (Wildman–Crippen LogP) is 7.34. The van der Waals surface area contributed by atoms with E-state index in [4.69, 9.17) is 0 Å². The summed E-state index contributed by atoms with van der Waals surface area (Å²) in [6.45, 7) is 3.72. The number of hydrogen-bond acceptors (Lipinski definition) is 0. The zero-order valence-corrected chi connectivity index (χ0v) is 24.2. The van der Waals surface area contributed by atoms with Crippen molar-refractivity contribution in [3.63, 3.8) is 0 Å². The van der Waals surface area contributed by atoms with Gasteiger partial charge in [0.15, 0.2) is 0 Å². The molecule has 0 aromatic heterocycles. The maximum Gasteiger partial charge on any atom is 2.00 e. The molecule has 0 nitrogen and oxygen atoms in total. The largest absolute Gasteiger partial charge is 2.00 e. The van der Waals surface area contributed by atoms with Crippen LogP contribution in [0.5, 0.6) is 0 Å². The Kier molecular flexibility index (Phi) is 21.3. The standard InChI is InChI=1S/C29H28.C7H7.3CH4.ClH.Mg/c1-5-13-25(14-6-1)21-29(22-26-15-7-2-8-16-26,23-27-17-9-3-10-18-27)24-28-19-11-4-12-20-28;1-7-5-3-2-4-6-7;;;;;/h1-20H,21-24H2;2-6H,1H2;3*1H4;1H;/q;-1;;;;;+2/p-1. The van der Waals surface area contributed by atoms with E-state index < -0.39 is 0 Å². The van der Waals surface area contributed by atoms with Crippen molar-refractivity contribution in [2.24, 2.45) is 5.41 Å². The summed E-state index contributed by atoms with van der Waals surface area (Å²) < 4.78 is 0. The Hall–Kier alpha value is -2.97. The summed E-state index contributed by atoms with van der Waals surface area (Å²) in [4.78, 5) is 0. The molecular weight excluding hydrogens is 528 g/mol. The third kappa shape index (κ3) is 14.0. The average molecular weight is 576 g/mol. The summed E-state index contributed by atoms with van der Waals surface area (Å²) in [5, 5.41) is 0. The quantitative estimate of drug-likeness (QED) is 0.134. The van der Waals surface area contributed by atoms with Gasteiger partial charge in [0.25, 0.3) is 0 Å². The van der Waals surface area contributed by atoms with Gasteiger partial charge in [-0.25, -0.2) is 0 Å². The Morgan fingerprint density at radius 2 is 0.561 bits per heavy atom. The van der Waals surface area contributed by atoms with Crippen LogP contribution in [0.3, 0.4) is 0 Å². The fourth-order valence-electron chi connectivity index (χ4n) is 4.97. The van der Waals surface area contributed by atoms with Crippen LogP contribution >= 0.6 is 0 Å². The van der Waals surface area contributed by atoms with Gasteiger partial charge in [-0.1, -0.05) is 150 Å². The summed E-state index contributed by atoms with van der Waals surface area (Å²) in [5.74, 6) is 0. The van der Waals surface area contributed by atoms with Gasteiger partial charge < -0.3 is 12.4 Å². The molecule has 0 bridgehead atoms. The van der Waals surface area contributed by atoms with Gasteiger partial charge in [0, 0.05) is 0 Å². The van der Waals surface area contributed by atoms with Gasteiger partial charge >= 0.3 is 23.1 Å². The molecule has 5 aromatic carbocycles. The number of rotatable bonds is 8. The summed E-state index contributed by atoms with van der Waals surface area (Å²) >= 11 is 0. The topological polar surface area (TPSA) is 0 Å². The maximum atomic E-state index is 3.72. The molecule has 0 aliphatic carbocycles. The van der Waals surface area contributed by atoms with Crippen LogP contribution in [0.25, 0.3) is 0 Å². The zero-order chi connectivity index (χ0) is 24.9. The van der Waals surface area contributed by atoms with Crippen LogP contribution < -0.4 is 12.4 Å². The van der Waals surface area contributed by atoms with E-state index in [1.54, 1.807) is 0 Å². The molecule has 0 aliphatic heterocycles. The molecular formula is C39H47ClMg. The fraction of sp³-hybridized carbons (Fsp3) is 0.205. The third-order valence-electron chi connectivity index (χ3n) is 6.53. The van der Waals surface area contributed by atoms with Crippen LogP contribution in [0.4, 0.5) is 0 Å². The van der Waals surface area contributed by atoms with Crippen LogP contribution in [-0.2, 0) is 25.7 Å². The molecule has 0 fully saturated rings. The summed E-state index contributed by atoms with van der Waals surface area (Å²) in [5.41, 5.74) is 6.84. The van der Waals surface area contributed by atoms with E-state index in [1.807, 2.05) is 30.3 Å². The molecule has 0 amide bonds. The van der Waals surface area contributed by atoms with Crippen molar-refractivity contribution in [2.75, 3.05) is 0 Å². The van der Waals surface area contributed by atoms with Crippen LogP contribution in [0.1, 0.15) is 50.1 Å². The maximum absolute atomic E-state index is 3.72. The molecule has 0 saturated heterocycles. The molecule has 0 aliphatic rings. The Balaban J connectivity index is 0. The normalized spacial score (nSPS) is 9.46. The average Bonchev–Trinajstić information content (AvgIpc) is 2.92. The molecule has 0 radical (unpaired) electrons. The van der Waals surface area contributed by atoms with Gasteiger partial charge in [-0.05, 0) is 53.4 Å². The Morgan fingerprint density at radius 1 is 0.366 bits per heavy atom. The first kappa shape index (κ1) is 40.2. The SMILES string of the molecule is C.C.C.[CH2-]c1ccccc1.[Cl-].[Mg+2].c1ccc(CC(Cc2ccccc2)(Cc2ccccc2)Cc2ccccc2)cc1. The molecule has 5 aromatic rings. The molecule has 5 rings (SSSR count). The second kappa shape index (κ2) is 21.7. The van der Waals surface area contributed by atoms with Gasteiger partial charge in [-0.15, -0.1) is 12.1 Å². The minimum atomic E-state index is 0. The van der Waals surface area contributed by atoms with Gasteiger partial charge in [-0.2, -0.15) is 24.6 Å². The first-order chi connectivity index (χ1) is 17.7. The molecule has 0 saturated carbocycles. The van der Waals surface area contributed by atoms with Crippen molar-refractivity contribution in [3.8, 4) is 0 Å². The molecule has 0 unspecified atom stereocenters. The van der Waals surface area contributed by atoms with Crippen LogP contribution in [-0.4, -0.2) is 23.1 Å². The van der Waals surface area contributed by atoms with E-state index in [9.17, 15) is 0 Å². The van der Waals surface area contributed by atoms with Crippen LogP contribution in [0.15, 0.2) is 152 Å². The van der Waals surface area contributed by atoms with Gasteiger partial charge in [0.05, 0.1) is 0 Å². The van der Waals surface area contributed by atoms with Crippen molar-refractivity contribution < 1.29 is 12.4 Å². The zero-order valence-electron chi connectivity index (χ0n) is 22.1. The van der Waals surface area contributed by atoms with Crippen molar-refractivity contribution in [1.29, 1.82) is 0 Å². The second-order valence-electron chi connectivity index (χ2n) is 9.64. The Labute approximate surface area is 273 Å². The molecule has 212 valence electrons. The monoisotopic (exact) mass is 574 g/mol. The van der Waals surface area contributed by atoms with Crippen molar-refractivity contribution in [1.82, 2.24) is 0 Å². The van der Waals surface area contributed by atoms with E-state index in [0.717, 1.165) is 31.2 Å². The van der Waals surface area contributed by atoms with Gasteiger partial charge in [-0.3, -0.25) is 0 Å². The summed E-state index contributed by atoms with van der Waals surface area (Å²) in [7, 11) is 0. The second-order valence-corrected chi connectivity index (χ2v) is 9.64. The molecule has 0 heterocycles. The minimum Gasteiger partial charge on any atom is -1.00 e. The fourth-order valence-corrected chi connectivity index (χ4v) is 4.97. The Morgan fingerprint density at radius 3 is 0.732 bits per heavy atom. The van der Waals surface area contributed by atoms with E-state index >= 15 is 0 Å². The third-order valence-corrected chi connectivity index (χ3v) is 6.53. The summed E-state index contributed by atoms with van der Waals surface area (Å²) in [6.07, 6.45) is 4.25. The first-order valence-corrected chi connectivity index (χ1v) is 12.7. The van der Waals surface area contributed by atoms with E-state index in [1.165, 1.54) is 22.3 Å². The molecule has 2 heteroatoms. The predicted molar refractivity (Wildman–Crippen MR) is 180 cm³/mol. The Bertz CT molecular complexity index is 1090. The van der Waals surface area contributed by atoms with Crippen LogP contribution in [0.2, 0.25) is 0 Å². The van der Waals surface area contributed by atoms with Crippen molar-refractivity contribution >= 4 is 23.1 Å². The number of halogens is 1. The summed E-state index contributed by atoms with van der Waals surface area (Å²) in [6, 6.07) is 53.8. The first-order valence-electron chi connectivity index (χ1n) is 12.7. The van der Waals surface area contributed by atoms with E-state index in [-0.39, 0.29) is 63.2 Å². The van der Waals surface area contributed by atoms with Crippen LogP contribution in [0, 0.1) is 12.3 Å². The van der Waals surface area contributed by atoms with E-state index in [2.05, 4.69) is 128 Å². The molecule has 0 N–H and O–H groups in total. The van der Waals surface area contributed by atoms with Crippen molar-refractivity contribution in [3.05, 3.63) is 186 Å². The number of benzene rings is 5. The molecule has 0 atom stereocenters. The van der Waals surface area contributed by atoms with Gasteiger partial charge in [0.1, 0.15) is 0 Å². The van der Waals surface area contributed by atoms with E-state index in [0.29, 0.717) is 0 Å². The van der Waals surface area contributed by atoms with Crippen molar-refractivity contribution in [2.45, 2.75) is 48.0 Å². The minimum absolute atomic E-state index is 0. The molecule has 0 spiro atoms. The van der Waals surface area contributed by atoms with Gasteiger partial charge in [0.2, 0.25) is 0 Å². The molecule has 41 heavy (non-hydrogen) atoms.